The van der Waals surface area contributed by atoms with E-state index in [0.717, 1.165) is 40.3 Å². The zero-order valence-electron chi connectivity index (χ0n) is 14.1. The van der Waals surface area contributed by atoms with Gasteiger partial charge in [-0.25, -0.2) is 0 Å². The summed E-state index contributed by atoms with van der Waals surface area (Å²) in [6.45, 7) is 5.05. The minimum absolute atomic E-state index is 0.0828. The maximum Gasteiger partial charge on any atom is 0.270 e. The number of halogens is 1. The zero-order valence-corrected chi connectivity index (χ0v) is 14.9. The molecule has 25 heavy (non-hydrogen) atoms. The molecule has 0 spiro atoms. The zero-order chi connectivity index (χ0) is 17.4. The monoisotopic (exact) mass is 353 g/mol. The number of H-pyrrole nitrogens is 1. The highest BCUT2D eigenvalue weighted by Gasteiger charge is 2.25. The molecule has 1 fully saturated rings. The Hall–Kier alpha value is -2.46. The third kappa shape index (κ3) is 2.98. The molecule has 3 aromatic rings. The third-order valence-electron chi connectivity index (χ3n) is 4.92. The fourth-order valence-electron chi connectivity index (χ4n) is 3.49. The highest BCUT2D eigenvalue weighted by Crippen LogP contribution is 2.24. The normalized spacial score (nSPS) is 15.0. The van der Waals surface area contributed by atoms with Crippen molar-refractivity contribution >= 4 is 34.1 Å². The molecule has 0 aliphatic carbocycles. The number of hydrogen-bond acceptors (Lipinski definition) is 2. The van der Waals surface area contributed by atoms with Crippen LogP contribution in [0.5, 0.6) is 0 Å². The van der Waals surface area contributed by atoms with Crippen molar-refractivity contribution < 1.29 is 4.79 Å². The van der Waals surface area contributed by atoms with Gasteiger partial charge in [0.1, 0.15) is 5.69 Å². The molecule has 1 aromatic heterocycles. The first-order valence-electron chi connectivity index (χ1n) is 8.50. The molecule has 5 heteroatoms. The van der Waals surface area contributed by atoms with Gasteiger partial charge >= 0.3 is 0 Å². The molecule has 0 unspecified atom stereocenters. The van der Waals surface area contributed by atoms with Crippen LogP contribution in [0.25, 0.3) is 10.9 Å². The minimum atomic E-state index is 0.0828. The van der Waals surface area contributed by atoms with Crippen LogP contribution in [0, 0.1) is 6.92 Å². The molecule has 0 bridgehead atoms. The Kier molecular flexibility index (Phi) is 4.14. The topological polar surface area (TPSA) is 39.3 Å². The van der Waals surface area contributed by atoms with Crippen LogP contribution < -0.4 is 4.90 Å². The van der Waals surface area contributed by atoms with Gasteiger partial charge in [-0.3, -0.25) is 4.79 Å². The summed E-state index contributed by atoms with van der Waals surface area (Å²) in [5.74, 6) is 0.0828. The molecular formula is C20H20ClN3O. The number of fused-ring (bicyclic) bond motifs is 1. The summed E-state index contributed by atoms with van der Waals surface area (Å²) < 4.78 is 0. The fourth-order valence-corrected chi connectivity index (χ4v) is 3.68. The van der Waals surface area contributed by atoms with Crippen molar-refractivity contribution in [1.29, 1.82) is 0 Å². The lowest BCUT2D eigenvalue weighted by Gasteiger charge is -2.36. The van der Waals surface area contributed by atoms with Gasteiger partial charge in [0.2, 0.25) is 0 Å². The van der Waals surface area contributed by atoms with Crippen molar-refractivity contribution in [3.05, 3.63) is 64.8 Å². The summed E-state index contributed by atoms with van der Waals surface area (Å²) in [6, 6.07) is 15.9. The molecule has 2 aromatic carbocycles. The van der Waals surface area contributed by atoms with Crippen LogP contribution in [-0.2, 0) is 0 Å². The van der Waals surface area contributed by atoms with Crippen molar-refractivity contribution in [2.75, 3.05) is 31.1 Å². The van der Waals surface area contributed by atoms with E-state index in [0.29, 0.717) is 18.8 Å². The van der Waals surface area contributed by atoms with Gasteiger partial charge in [0.25, 0.3) is 5.91 Å². The van der Waals surface area contributed by atoms with E-state index in [1.165, 1.54) is 0 Å². The second-order valence-electron chi connectivity index (χ2n) is 6.43. The number of para-hydroxylation sites is 1. The van der Waals surface area contributed by atoms with E-state index in [2.05, 4.69) is 22.0 Å². The summed E-state index contributed by atoms with van der Waals surface area (Å²) in [7, 11) is 0. The number of aromatic nitrogens is 1. The van der Waals surface area contributed by atoms with Gasteiger partial charge in [-0.2, -0.15) is 0 Å². The molecule has 128 valence electrons. The lowest BCUT2D eigenvalue weighted by Crippen LogP contribution is -2.49. The molecule has 0 saturated carbocycles. The smallest absolute Gasteiger partial charge is 0.270 e. The number of hydrogen-bond donors (Lipinski definition) is 1. The van der Waals surface area contributed by atoms with Gasteiger partial charge in [0, 0.05) is 47.8 Å². The first-order chi connectivity index (χ1) is 12.1. The number of carbonyl (C=O) groups excluding carboxylic acids is 1. The largest absolute Gasteiger partial charge is 0.368 e. The fraction of sp³-hybridized carbons (Fsp3) is 0.250. The van der Waals surface area contributed by atoms with Gasteiger partial charge < -0.3 is 14.8 Å². The van der Waals surface area contributed by atoms with E-state index in [1.807, 2.05) is 48.2 Å². The molecule has 2 heterocycles. The van der Waals surface area contributed by atoms with Crippen LogP contribution in [0.3, 0.4) is 0 Å². The van der Waals surface area contributed by atoms with Gasteiger partial charge in [-0.1, -0.05) is 35.9 Å². The quantitative estimate of drug-likeness (QED) is 0.753. The van der Waals surface area contributed by atoms with Crippen molar-refractivity contribution in [3.63, 3.8) is 0 Å². The van der Waals surface area contributed by atoms with Gasteiger partial charge in [-0.05, 0) is 36.8 Å². The number of aryl methyl sites for hydroxylation is 1. The minimum Gasteiger partial charge on any atom is -0.368 e. The number of amides is 1. The predicted octanol–water partition coefficient (Wildman–Crippen LogP) is 4.09. The van der Waals surface area contributed by atoms with E-state index < -0.39 is 0 Å². The molecule has 1 amide bonds. The lowest BCUT2D eigenvalue weighted by molar-refractivity contribution is 0.0741. The molecule has 0 radical (unpaired) electrons. The Bertz CT molecular complexity index is 926. The maximum atomic E-state index is 12.9. The van der Waals surface area contributed by atoms with E-state index in [-0.39, 0.29) is 5.91 Å². The highest BCUT2D eigenvalue weighted by atomic mass is 35.5. The number of nitrogens with zero attached hydrogens (tertiary/aromatic N) is 2. The third-order valence-corrected chi connectivity index (χ3v) is 5.15. The van der Waals surface area contributed by atoms with Gasteiger partial charge in [-0.15, -0.1) is 0 Å². The van der Waals surface area contributed by atoms with Gasteiger partial charge in [0.05, 0.1) is 0 Å². The number of benzene rings is 2. The van der Waals surface area contributed by atoms with Crippen LogP contribution in [0.15, 0.2) is 48.5 Å². The molecule has 1 aliphatic rings. The van der Waals surface area contributed by atoms with E-state index >= 15 is 0 Å². The Morgan fingerprint density at radius 1 is 1.04 bits per heavy atom. The summed E-state index contributed by atoms with van der Waals surface area (Å²) in [4.78, 5) is 20.4. The van der Waals surface area contributed by atoms with E-state index in [4.69, 9.17) is 11.6 Å². The number of carbonyl (C=O) groups is 1. The van der Waals surface area contributed by atoms with E-state index in [1.54, 1.807) is 0 Å². The Morgan fingerprint density at radius 2 is 1.80 bits per heavy atom. The molecular weight excluding hydrogens is 334 g/mol. The number of piperazine rings is 1. The van der Waals surface area contributed by atoms with Crippen LogP contribution in [-0.4, -0.2) is 42.0 Å². The van der Waals surface area contributed by atoms with Crippen LogP contribution in [0.4, 0.5) is 5.69 Å². The average molecular weight is 354 g/mol. The number of rotatable bonds is 2. The first-order valence-corrected chi connectivity index (χ1v) is 8.88. The van der Waals surface area contributed by atoms with E-state index in [9.17, 15) is 4.79 Å². The van der Waals surface area contributed by atoms with Crippen LogP contribution in [0.2, 0.25) is 5.02 Å². The average Bonchev–Trinajstić information content (AvgIpc) is 2.98. The highest BCUT2D eigenvalue weighted by molar-refractivity contribution is 6.30. The molecule has 4 rings (SSSR count). The summed E-state index contributed by atoms with van der Waals surface area (Å²) in [5, 5.41) is 1.85. The van der Waals surface area contributed by atoms with Gasteiger partial charge in [0.15, 0.2) is 0 Å². The Morgan fingerprint density at radius 3 is 2.52 bits per heavy atom. The number of anilines is 1. The number of nitrogens with one attached hydrogen (secondary N) is 1. The lowest BCUT2D eigenvalue weighted by atomic mass is 10.1. The summed E-state index contributed by atoms with van der Waals surface area (Å²) >= 11 is 6.08. The second kappa shape index (κ2) is 6.45. The predicted molar refractivity (Wildman–Crippen MR) is 103 cm³/mol. The van der Waals surface area contributed by atoms with Crippen LogP contribution >= 0.6 is 11.6 Å². The van der Waals surface area contributed by atoms with Crippen molar-refractivity contribution in [2.24, 2.45) is 0 Å². The first kappa shape index (κ1) is 16.0. The summed E-state index contributed by atoms with van der Waals surface area (Å²) in [6.07, 6.45) is 0. The Balaban J connectivity index is 1.50. The summed E-state index contributed by atoms with van der Waals surface area (Å²) in [5.41, 5.74) is 3.86. The molecule has 1 saturated heterocycles. The molecule has 1 N–H and O–H groups in total. The molecule has 4 nitrogen and oxygen atoms in total. The number of aromatic amines is 1. The molecule has 1 aliphatic heterocycles. The SMILES string of the molecule is Cc1c(C(=O)N2CCN(c3cccc(Cl)c3)CC2)[nH]c2ccccc12. The standard InChI is InChI=1S/C20H20ClN3O/c1-14-17-7-2-3-8-18(17)22-19(14)20(25)24-11-9-23(10-12-24)16-6-4-5-15(21)13-16/h2-8,13,22H,9-12H2,1H3. The van der Waals surface area contributed by atoms with Crippen molar-refractivity contribution in [3.8, 4) is 0 Å². The van der Waals surface area contributed by atoms with Crippen molar-refractivity contribution in [1.82, 2.24) is 9.88 Å². The maximum absolute atomic E-state index is 12.9. The Labute approximate surface area is 152 Å². The second-order valence-corrected chi connectivity index (χ2v) is 6.87. The van der Waals surface area contributed by atoms with Crippen LogP contribution in [0.1, 0.15) is 16.1 Å². The molecule has 0 atom stereocenters. The van der Waals surface area contributed by atoms with Crippen molar-refractivity contribution in [2.45, 2.75) is 6.92 Å².